The predicted molar refractivity (Wildman–Crippen MR) is 61.9 cm³/mol. The van der Waals surface area contributed by atoms with E-state index in [2.05, 4.69) is 22.3 Å². The molecule has 0 saturated heterocycles. The largest absolute Gasteiger partial charge is 0.373 e. The van der Waals surface area contributed by atoms with Crippen molar-refractivity contribution in [2.45, 2.75) is 38.2 Å². The van der Waals surface area contributed by atoms with Crippen molar-refractivity contribution in [3.63, 3.8) is 0 Å². The topological polar surface area (TPSA) is 73.1 Å². The average molecular weight is 222 g/mol. The van der Waals surface area contributed by atoms with Crippen LogP contribution in [0.1, 0.15) is 49.7 Å². The molecule has 1 fully saturated rings. The molecular weight excluding hydrogens is 204 g/mol. The van der Waals surface area contributed by atoms with Gasteiger partial charge in [0, 0.05) is 24.8 Å². The van der Waals surface area contributed by atoms with Crippen molar-refractivity contribution in [3.05, 3.63) is 17.6 Å². The molecule has 88 valence electrons. The Bertz CT molecular complexity index is 361. The molecule has 0 bridgehead atoms. The molecule has 1 atom stereocenters. The van der Waals surface area contributed by atoms with Crippen LogP contribution in [0.25, 0.3) is 0 Å². The molecule has 0 radical (unpaired) electrons. The van der Waals surface area contributed by atoms with Gasteiger partial charge in [-0.05, 0) is 19.3 Å². The molecule has 1 unspecified atom stereocenters. The molecule has 0 aliphatic heterocycles. The first kappa shape index (κ1) is 11.3. The van der Waals surface area contributed by atoms with Crippen LogP contribution in [0.5, 0.6) is 0 Å². The van der Waals surface area contributed by atoms with Crippen LogP contribution in [0.3, 0.4) is 0 Å². The van der Waals surface area contributed by atoms with E-state index in [-0.39, 0.29) is 6.10 Å². The summed E-state index contributed by atoms with van der Waals surface area (Å²) in [7, 11) is 1.68. The van der Waals surface area contributed by atoms with Gasteiger partial charge >= 0.3 is 0 Å². The Balaban J connectivity index is 2.31. The van der Waals surface area contributed by atoms with E-state index in [1.54, 1.807) is 7.11 Å². The molecule has 1 aromatic rings. The second kappa shape index (κ2) is 4.76. The molecule has 2 rings (SSSR count). The first-order valence-electron chi connectivity index (χ1n) is 5.66. The van der Waals surface area contributed by atoms with Gasteiger partial charge in [-0.2, -0.15) is 0 Å². The Morgan fingerprint density at radius 3 is 2.81 bits per heavy atom. The van der Waals surface area contributed by atoms with E-state index in [0.29, 0.717) is 11.7 Å². The Labute approximate surface area is 95.4 Å². The molecule has 5 nitrogen and oxygen atoms in total. The number of hydrogen-bond acceptors (Lipinski definition) is 5. The van der Waals surface area contributed by atoms with E-state index in [9.17, 15) is 0 Å². The highest BCUT2D eigenvalue weighted by molar-refractivity contribution is 5.37. The van der Waals surface area contributed by atoms with Crippen molar-refractivity contribution < 1.29 is 4.74 Å². The van der Waals surface area contributed by atoms with Crippen molar-refractivity contribution in [2.75, 3.05) is 12.5 Å². The summed E-state index contributed by atoms with van der Waals surface area (Å²) in [6, 6.07) is 1.92. The van der Waals surface area contributed by atoms with Gasteiger partial charge in [0.2, 0.25) is 0 Å². The molecule has 1 aliphatic rings. The van der Waals surface area contributed by atoms with E-state index in [0.717, 1.165) is 17.9 Å². The Morgan fingerprint density at radius 2 is 2.31 bits per heavy atom. The van der Waals surface area contributed by atoms with E-state index in [1.165, 1.54) is 12.8 Å². The highest BCUT2D eigenvalue weighted by Crippen LogP contribution is 2.39. The van der Waals surface area contributed by atoms with E-state index in [4.69, 9.17) is 10.6 Å². The Kier molecular flexibility index (Phi) is 3.36. The normalized spacial score (nSPS) is 17.2. The molecule has 3 N–H and O–H groups in total. The van der Waals surface area contributed by atoms with Crippen LogP contribution < -0.4 is 11.3 Å². The van der Waals surface area contributed by atoms with Gasteiger partial charge in [-0.3, -0.25) is 0 Å². The standard InChI is InChI=1S/C11H18N4O/c1-3-9(16-2)11-13-8(7-4-5-7)6-10(14-11)15-12/h6-7,9H,3-5,12H2,1-2H3,(H,13,14,15). The predicted octanol–water partition coefficient (Wildman–Crippen LogP) is 1.74. The fourth-order valence-electron chi connectivity index (χ4n) is 1.75. The number of nitrogen functional groups attached to an aromatic ring is 1. The van der Waals surface area contributed by atoms with Gasteiger partial charge in [-0.1, -0.05) is 6.92 Å². The highest BCUT2D eigenvalue weighted by atomic mass is 16.5. The average Bonchev–Trinajstić information content (AvgIpc) is 3.14. The SMILES string of the molecule is CCC(OC)c1nc(NN)cc(C2CC2)n1. The van der Waals surface area contributed by atoms with Crippen molar-refractivity contribution in [1.29, 1.82) is 0 Å². The number of nitrogens with zero attached hydrogens (tertiary/aromatic N) is 2. The zero-order chi connectivity index (χ0) is 11.5. The summed E-state index contributed by atoms with van der Waals surface area (Å²) >= 11 is 0. The lowest BCUT2D eigenvalue weighted by atomic mass is 10.2. The highest BCUT2D eigenvalue weighted by Gasteiger charge is 2.27. The summed E-state index contributed by atoms with van der Waals surface area (Å²) in [5.74, 6) is 7.39. The molecule has 5 heteroatoms. The third kappa shape index (κ3) is 2.31. The van der Waals surface area contributed by atoms with E-state index < -0.39 is 0 Å². The van der Waals surface area contributed by atoms with Crippen LogP contribution in [0.2, 0.25) is 0 Å². The number of nitrogens with two attached hydrogens (primary N) is 1. The number of ether oxygens (including phenoxy) is 1. The summed E-state index contributed by atoms with van der Waals surface area (Å²) in [5.41, 5.74) is 3.66. The van der Waals surface area contributed by atoms with Gasteiger partial charge < -0.3 is 10.2 Å². The van der Waals surface area contributed by atoms with Crippen LogP contribution in [-0.2, 0) is 4.74 Å². The lowest BCUT2D eigenvalue weighted by Gasteiger charge is -2.13. The molecule has 16 heavy (non-hydrogen) atoms. The number of hydrazine groups is 1. The van der Waals surface area contributed by atoms with E-state index >= 15 is 0 Å². The van der Waals surface area contributed by atoms with Crippen molar-refractivity contribution in [3.8, 4) is 0 Å². The van der Waals surface area contributed by atoms with E-state index in [1.807, 2.05) is 6.07 Å². The first-order chi connectivity index (χ1) is 7.78. The number of anilines is 1. The second-order valence-electron chi connectivity index (χ2n) is 4.09. The van der Waals surface area contributed by atoms with Crippen molar-refractivity contribution >= 4 is 5.82 Å². The summed E-state index contributed by atoms with van der Waals surface area (Å²) in [6.45, 7) is 2.05. The maximum absolute atomic E-state index is 5.41. The van der Waals surface area contributed by atoms with Gasteiger partial charge in [-0.15, -0.1) is 0 Å². The Morgan fingerprint density at radius 1 is 1.56 bits per heavy atom. The first-order valence-corrected chi connectivity index (χ1v) is 5.66. The van der Waals surface area contributed by atoms with Gasteiger partial charge in [0.15, 0.2) is 5.82 Å². The van der Waals surface area contributed by atoms with Gasteiger partial charge in [0.1, 0.15) is 11.9 Å². The molecule has 0 spiro atoms. The maximum atomic E-state index is 5.41. The molecule has 1 aliphatic carbocycles. The maximum Gasteiger partial charge on any atom is 0.159 e. The fraction of sp³-hybridized carbons (Fsp3) is 0.636. The van der Waals surface area contributed by atoms with Gasteiger partial charge in [0.05, 0.1) is 0 Å². The van der Waals surface area contributed by atoms with Crippen LogP contribution in [0.4, 0.5) is 5.82 Å². The number of methoxy groups -OCH3 is 1. The van der Waals surface area contributed by atoms with Gasteiger partial charge in [-0.25, -0.2) is 15.8 Å². The molecule has 0 aromatic carbocycles. The molecular formula is C11H18N4O. The molecule has 1 aromatic heterocycles. The number of nitrogens with one attached hydrogen (secondary N) is 1. The lowest BCUT2D eigenvalue weighted by molar-refractivity contribution is 0.0925. The third-order valence-corrected chi connectivity index (χ3v) is 2.85. The second-order valence-corrected chi connectivity index (χ2v) is 4.09. The summed E-state index contributed by atoms with van der Waals surface area (Å²) < 4.78 is 5.35. The summed E-state index contributed by atoms with van der Waals surface area (Å²) in [4.78, 5) is 8.89. The van der Waals surface area contributed by atoms with Crippen LogP contribution in [0, 0.1) is 0 Å². The van der Waals surface area contributed by atoms with Crippen molar-refractivity contribution in [1.82, 2.24) is 9.97 Å². The smallest absolute Gasteiger partial charge is 0.159 e. The van der Waals surface area contributed by atoms with Crippen LogP contribution in [-0.4, -0.2) is 17.1 Å². The number of hydrogen-bond donors (Lipinski definition) is 2. The van der Waals surface area contributed by atoms with Gasteiger partial charge in [0.25, 0.3) is 0 Å². The molecule has 1 saturated carbocycles. The third-order valence-electron chi connectivity index (χ3n) is 2.85. The monoisotopic (exact) mass is 222 g/mol. The Hall–Kier alpha value is -1.20. The van der Waals surface area contributed by atoms with Crippen LogP contribution in [0.15, 0.2) is 6.07 Å². The molecule has 0 amide bonds. The van der Waals surface area contributed by atoms with Crippen LogP contribution >= 0.6 is 0 Å². The minimum atomic E-state index is -0.0502. The minimum Gasteiger partial charge on any atom is -0.373 e. The molecule has 1 heterocycles. The lowest BCUT2D eigenvalue weighted by Crippen LogP contribution is -2.14. The number of rotatable bonds is 5. The van der Waals surface area contributed by atoms with Crippen molar-refractivity contribution in [2.24, 2.45) is 5.84 Å². The summed E-state index contributed by atoms with van der Waals surface area (Å²) in [6.07, 6.45) is 3.23. The zero-order valence-corrected chi connectivity index (χ0v) is 9.73. The zero-order valence-electron chi connectivity index (χ0n) is 9.73. The number of aromatic nitrogens is 2. The quantitative estimate of drug-likeness (QED) is 0.586. The fourth-order valence-corrected chi connectivity index (χ4v) is 1.75. The summed E-state index contributed by atoms with van der Waals surface area (Å²) in [5, 5.41) is 0. The minimum absolute atomic E-state index is 0.0502.